The highest BCUT2D eigenvalue weighted by molar-refractivity contribution is 7.95. The van der Waals surface area contributed by atoms with Crippen LogP contribution in [0.5, 0.6) is 63.2 Å². The second kappa shape index (κ2) is 45.7. The summed E-state index contributed by atoms with van der Waals surface area (Å²) in [7, 11) is -5.43. The lowest BCUT2D eigenvalue weighted by molar-refractivity contribution is -0.432. The molecular formula is C107H79F13O23S4. The van der Waals surface area contributed by atoms with Crippen molar-refractivity contribution in [3.8, 4) is 63.2 Å². The van der Waals surface area contributed by atoms with E-state index in [1.807, 2.05) is 62.4 Å². The monoisotopic (exact) mass is 2110 g/mol. The number of rotatable bonds is 34. The van der Waals surface area contributed by atoms with Crippen LogP contribution < -0.4 is 33.2 Å². The average Bonchev–Trinajstić information content (AvgIpc) is 0.717. The number of hydrogen-bond acceptors (Lipinski definition) is 23. The summed E-state index contributed by atoms with van der Waals surface area (Å²) in [5, 5.41) is 24.9. The molecule has 0 radical (unpaired) electrons. The van der Waals surface area contributed by atoms with E-state index in [1.165, 1.54) is 129 Å². The number of carbonyl (C=O) groups is 4. The van der Waals surface area contributed by atoms with Gasteiger partial charge in [-0.05, 0) is 278 Å². The van der Waals surface area contributed by atoms with E-state index in [1.54, 1.807) is 68.6 Å². The van der Waals surface area contributed by atoms with Crippen molar-refractivity contribution in [2.75, 3.05) is 21.3 Å². The van der Waals surface area contributed by atoms with Crippen molar-refractivity contribution in [3.05, 3.63) is 446 Å². The quantitative estimate of drug-likeness (QED) is 0.00554. The molecule has 1 unspecified atom stereocenters. The largest absolute Gasteiger partial charge is 0.497 e. The van der Waals surface area contributed by atoms with Gasteiger partial charge in [0.05, 0.1) is 55.2 Å². The molecule has 0 aromatic heterocycles. The molecule has 0 saturated carbocycles. The van der Waals surface area contributed by atoms with Gasteiger partial charge in [-0.2, -0.15) is 69.5 Å². The molecule has 4 N–H and O–H groups in total. The topological polar surface area (TPSA) is 319 Å². The van der Waals surface area contributed by atoms with Crippen LogP contribution in [0.2, 0.25) is 0 Å². The van der Waals surface area contributed by atoms with Gasteiger partial charge < -0.3 is 33.2 Å². The van der Waals surface area contributed by atoms with E-state index in [0.29, 0.717) is 69.3 Å². The number of aryl methyl sites for hydroxylation is 2. The fourth-order valence-electron chi connectivity index (χ4n) is 15.6. The zero-order valence-corrected chi connectivity index (χ0v) is 80.3. The minimum absolute atomic E-state index is 0.0178. The molecule has 0 spiro atoms. The van der Waals surface area contributed by atoms with E-state index in [-0.39, 0.29) is 102 Å². The van der Waals surface area contributed by atoms with Gasteiger partial charge in [0, 0.05) is 54.8 Å². The van der Waals surface area contributed by atoms with E-state index < -0.39 is 111 Å². The molecule has 15 aromatic rings. The minimum atomic E-state index is -5.73. The van der Waals surface area contributed by atoms with E-state index in [0.717, 1.165) is 138 Å². The highest BCUT2D eigenvalue weighted by Gasteiger charge is 2.74. The fourth-order valence-corrected chi connectivity index (χ4v) is 17.8. The molecule has 23 nitrogen and oxygen atoms in total. The van der Waals surface area contributed by atoms with Gasteiger partial charge in [-0.1, -0.05) is 149 Å². The lowest BCUT2D eigenvalue weighted by Crippen LogP contribution is -2.54. The van der Waals surface area contributed by atoms with Gasteiger partial charge in [0.25, 0.3) is 20.2 Å². The van der Waals surface area contributed by atoms with Crippen LogP contribution in [0.15, 0.2) is 365 Å². The van der Waals surface area contributed by atoms with E-state index in [9.17, 15) is 102 Å². The molecule has 760 valence electrons. The third-order valence-electron chi connectivity index (χ3n) is 23.3. The summed E-state index contributed by atoms with van der Waals surface area (Å²) in [4.78, 5) is 51.5. The van der Waals surface area contributed by atoms with E-state index in [2.05, 4.69) is 18.7 Å². The maximum absolute atomic E-state index is 14.3. The molecule has 0 saturated heterocycles. The predicted octanol–water partition coefficient (Wildman–Crippen LogP) is 27.5. The Morgan fingerprint density at radius 3 is 0.905 bits per heavy atom. The predicted molar refractivity (Wildman–Crippen MR) is 512 cm³/mol. The number of ether oxygens (including phenoxy) is 7. The van der Waals surface area contributed by atoms with Crippen LogP contribution >= 0.6 is 24.1 Å². The van der Waals surface area contributed by atoms with Gasteiger partial charge in [-0.3, -0.25) is 28.3 Å². The highest BCUT2D eigenvalue weighted by atomic mass is 32.2. The smallest absolute Gasteiger partial charge is 0.411 e. The number of benzene rings is 15. The maximum atomic E-state index is 14.3. The SMILES string of the molecule is COc1ccc(C(C)(c2ccc(Oc3ccc(C(=O)c4cccc(S(=O)(=O)O)c4)cc3SOOO)cc2)c2ccc(Oc3ccc(C(=O)c4ccc(C)c(SOOO)c4)cc3S(=O)(=O)O)cc2)cc1.COc1ccc(C(c2ccc(Oc3ccc(C(=O)c4ccc(C)cc4)cc3)cc2)(C(F)(F)F)C(F)(F)F)cc1.COc1ccc(C(c2ccc(Oc3ccc(C(=O)c4ccc(F)cc4)cc3)cc2)(C(F)(F)F)C(F)(F)F)cc1. The van der Waals surface area contributed by atoms with Crippen molar-refractivity contribution < 1.29 is 165 Å². The Bertz CT molecular complexity index is 7190. The Morgan fingerprint density at radius 2 is 0.565 bits per heavy atom. The molecule has 0 amide bonds. The Morgan fingerprint density at radius 1 is 0.293 bits per heavy atom. The van der Waals surface area contributed by atoms with Crippen LogP contribution in [0.3, 0.4) is 0 Å². The van der Waals surface area contributed by atoms with Crippen molar-refractivity contribution in [3.63, 3.8) is 0 Å². The molecule has 0 aliphatic rings. The summed E-state index contributed by atoms with van der Waals surface area (Å²) in [6.07, 6.45) is -22.9. The summed E-state index contributed by atoms with van der Waals surface area (Å²) in [6, 6.07) is 76.8. The fraction of sp³-hybridized carbons (Fsp3) is 0.121. The molecule has 0 aliphatic carbocycles. The molecule has 15 aromatic carbocycles. The number of methoxy groups -OCH3 is 3. The standard InChI is InChI=1S/C48H38O17S4.C30H22F6O3.C29H19F7O3/c1-29-7-8-31(26-43(29)66-64-62-51)47(50)33-10-24-42(45(28-33)69(56,57)58)61-39-21-15-36(16-22-39)48(2,34-11-17-37(59-3)18-12-34)35-13-19-38(20-14-35)60-41-23-9-32(27-44(41)67-65-63-52)46(49)30-5-4-6-40(25-30)68(53,54)55;1-19-3-5-20(6-4-19)27(37)21-7-13-25(14-8-21)39-26-17-11-23(12-18-26)28(29(31,32)33,30(34,35)36)22-9-15-24(38-2)16-10-22;1-38-23-14-6-20(7-15-23)27(28(31,32)33,29(34,35)36)21-8-16-25(17-9-21)39-24-12-4-19(5-13-24)26(37)18-2-10-22(30)11-3-18/h4-28,51-52H,1-3H3,(H,53,54,55)(H,56,57,58);3-18H,1-2H3;2-17H,1H3. The molecule has 0 bridgehead atoms. The molecule has 0 aliphatic heterocycles. The first kappa shape index (κ1) is 109. The zero-order valence-electron chi connectivity index (χ0n) is 77.0. The summed E-state index contributed by atoms with van der Waals surface area (Å²) < 4.78 is 301. The van der Waals surface area contributed by atoms with Crippen LogP contribution in [0.25, 0.3) is 0 Å². The van der Waals surface area contributed by atoms with Crippen molar-refractivity contribution in [1.29, 1.82) is 0 Å². The van der Waals surface area contributed by atoms with Crippen molar-refractivity contribution >= 4 is 67.5 Å². The van der Waals surface area contributed by atoms with Crippen molar-refractivity contribution in [2.45, 2.75) is 81.3 Å². The summed E-state index contributed by atoms with van der Waals surface area (Å²) in [6.45, 7) is 5.64. The third-order valence-corrected chi connectivity index (χ3v) is 26.4. The second-order valence-electron chi connectivity index (χ2n) is 32.3. The molecule has 40 heteroatoms. The first-order chi connectivity index (χ1) is 69.6. The number of alkyl halides is 12. The van der Waals surface area contributed by atoms with Crippen molar-refractivity contribution in [2.24, 2.45) is 0 Å². The Balaban J connectivity index is 0.000000198. The first-order valence-electron chi connectivity index (χ1n) is 42.9. The van der Waals surface area contributed by atoms with Crippen LogP contribution in [0, 0.1) is 19.7 Å². The van der Waals surface area contributed by atoms with Gasteiger partial charge >= 0.3 is 24.7 Å². The van der Waals surface area contributed by atoms with Gasteiger partial charge in [0.15, 0.2) is 23.1 Å². The van der Waals surface area contributed by atoms with Gasteiger partial charge in [-0.25, -0.2) is 14.9 Å². The summed E-state index contributed by atoms with van der Waals surface area (Å²) >= 11 is 1.20. The van der Waals surface area contributed by atoms with Crippen LogP contribution in [-0.2, 0) is 55.2 Å². The second-order valence-corrected chi connectivity index (χ2v) is 36.6. The normalized spacial score (nSPS) is 12.3. The van der Waals surface area contributed by atoms with Gasteiger partial charge in [-0.15, -0.1) is 8.67 Å². The molecule has 0 heterocycles. The van der Waals surface area contributed by atoms with Gasteiger partial charge in [0.1, 0.15) is 74.0 Å². The Labute approximate surface area is 839 Å². The summed E-state index contributed by atoms with van der Waals surface area (Å²) in [5.41, 5.74) is -7.74. The highest BCUT2D eigenvalue weighted by Crippen LogP contribution is 2.59. The maximum Gasteiger partial charge on any atom is 0.411 e. The van der Waals surface area contributed by atoms with E-state index in [4.69, 9.17) is 43.7 Å². The minimum Gasteiger partial charge on any atom is -0.497 e. The Kier molecular flexibility index (Phi) is 34.0. The lowest BCUT2D eigenvalue weighted by Gasteiger charge is -2.38. The average molecular weight is 2110 g/mol. The van der Waals surface area contributed by atoms with Crippen LogP contribution in [0.4, 0.5) is 57.1 Å². The molecule has 1 atom stereocenters. The number of halogens is 13. The zero-order chi connectivity index (χ0) is 106. The van der Waals surface area contributed by atoms with Crippen LogP contribution in [0.1, 0.15) is 121 Å². The molecule has 0 fully saturated rings. The molecule has 15 rings (SSSR count). The Hall–Kier alpha value is -15.1. The van der Waals surface area contributed by atoms with Crippen LogP contribution in [-0.4, -0.2) is 106 Å². The number of carbonyl (C=O) groups excluding carboxylic acids is 4. The third kappa shape index (κ3) is 24.9. The molecule has 147 heavy (non-hydrogen) atoms. The molecular weight excluding hydrogens is 2030 g/mol. The first-order valence-corrected chi connectivity index (χ1v) is 47.3. The lowest BCUT2D eigenvalue weighted by atomic mass is 9.71. The number of hydrogen-bond donors (Lipinski definition) is 4. The van der Waals surface area contributed by atoms with Gasteiger partial charge in [0.2, 0.25) is 10.8 Å². The van der Waals surface area contributed by atoms with E-state index >= 15 is 0 Å². The number of ketones is 4. The summed E-state index contributed by atoms with van der Waals surface area (Å²) in [5.74, 6) is -0.428. The van der Waals surface area contributed by atoms with Crippen molar-refractivity contribution in [1.82, 2.24) is 0 Å².